The van der Waals surface area contributed by atoms with Crippen LogP contribution in [0.15, 0.2) is 29.5 Å². The third-order valence-electron chi connectivity index (χ3n) is 5.99. The lowest BCUT2D eigenvalue weighted by Crippen LogP contribution is -2.36. The van der Waals surface area contributed by atoms with Crippen LogP contribution in [0.5, 0.6) is 0 Å². The maximum absolute atomic E-state index is 13.0. The molecule has 1 aliphatic heterocycles. The number of imide groups is 1. The zero-order valence-electron chi connectivity index (χ0n) is 19.3. The standard InChI is InChI=1S/C24H30N2O7/c1-4-32-23(30)15-11-12-18(16(13-15)14-25(3)17-9-7-6-8-10-17)26-21(28)19(20(27)22(26)29)24(31)33-5-2/h11-13,17,27H,4-10,14H2,1-3H3. The number of aliphatic hydroxyl groups excluding tert-OH is 1. The smallest absolute Gasteiger partial charge is 0.347 e. The normalized spacial score (nSPS) is 17.2. The molecule has 178 valence electrons. The number of rotatable bonds is 8. The van der Waals surface area contributed by atoms with Crippen molar-refractivity contribution >= 4 is 29.4 Å². The number of esters is 2. The van der Waals surface area contributed by atoms with Gasteiger partial charge >= 0.3 is 17.8 Å². The molecule has 33 heavy (non-hydrogen) atoms. The number of anilines is 1. The van der Waals surface area contributed by atoms with Crippen LogP contribution in [-0.4, -0.2) is 60.1 Å². The number of carbonyl (C=O) groups is 4. The molecular formula is C24H30N2O7. The molecule has 0 radical (unpaired) electrons. The lowest BCUT2D eigenvalue weighted by molar-refractivity contribution is -0.140. The quantitative estimate of drug-likeness (QED) is 0.359. The molecule has 1 heterocycles. The van der Waals surface area contributed by atoms with Crippen LogP contribution in [0, 0.1) is 0 Å². The zero-order chi connectivity index (χ0) is 24.1. The van der Waals surface area contributed by atoms with E-state index in [-0.39, 0.29) is 24.5 Å². The van der Waals surface area contributed by atoms with Gasteiger partial charge in [0.2, 0.25) is 5.76 Å². The Labute approximate surface area is 192 Å². The first-order valence-corrected chi connectivity index (χ1v) is 11.3. The zero-order valence-corrected chi connectivity index (χ0v) is 19.3. The summed E-state index contributed by atoms with van der Waals surface area (Å²) in [5, 5.41) is 10.2. The second-order valence-electron chi connectivity index (χ2n) is 8.16. The van der Waals surface area contributed by atoms with Crippen LogP contribution in [0.4, 0.5) is 5.69 Å². The molecule has 2 amide bonds. The van der Waals surface area contributed by atoms with Gasteiger partial charge in [0, 0.05) is 12.6 Å². The van der Waals surface area contributed by atoms with E-state index in [9.17, 15) is 24.3 Å². The van der Waals surface area contributed by atoms with Crippen LogP contribution in [0.3, 0.4) is 0 Å². The first-order valence-electron chi connectivity index (χ1n) is 11.3. The Balaban J connectivity index is 1.98. The number of carbonyl (C=O) groups excluding carboxylic acids is 4. The summed E-state index contributed by atoms with van der Waals surface area (Å²) in [6.45, 7) is 3.82. The lowest BCUT2D eigenvalue weighted by atomic mass is 9.94. The molecular weight excluding hydrogens is 428 g/mol. The van der Waals surface area contributed by atoms with Crippen LogP contribution < -0.4 is 4.90 Å². The van der Waals surface area contributed by atoms with Crippen LogP contribution in [0.25, 0.3) is 0 Å². The van der Waals surface area contributed by atoms with Crippen LogP contribution >= 0.6 is 0 Å². The van der Waals surface area contributed by atoms with E-state index in [4.69, 9.17) is 9.47 Å². The van der Waals surface area contributed by atoms with Crippen molar-refractivity contribution in [3.8, 4) is 0 Å². The van der Waals surface area contributed by atoms with E-state index in [1.807, 2.05) is 7.05 Å². The highest BCUT2D eigenvalue weighted by Gasteiger charge is 2.44. The lowest BCUT2D eigenvalue weighted by Gasteiger charge is -2.32. The van der Waals surface area contributed by atoms with Gasteiger partial charge in [-0.15, -0.1) is 0 Å². The van der Waals surface area contributed by atoms with Crippen LogP contribution in [-0.2, 0) is 30.4 Å². The first-order chi connectivity index (χ1) is 15.8. The molecule has 9 nitrogen and oxygen atoms in total. The highest BCUT2D eigenvalue weighted by atomic mass is 16.5. The fraction of sp³-hybridized carbons (Fsp3) is 0.500. The molecule has 1 aromatic rings. The topological polar surface area (TPSA) is 113 Å². The maximum Gasteiger partial charge on any atom is 0.347 e. The molecule has 3 rings (SSSR count). The minimum atomic E-state index is -1.06. The molecule has 1 fully saturated rings. The number of hydrogen-bond donors (Lipinski definition) is 1. The number of hydrogen-bond acceptors (Lipinski definition) is 8. The van der Waals surface area contributed by atoms with Gasteiger partial charge in [-0.2, -0.15) is 0 Å². The van der Waals surface area contributed by atoms with Crippen molar-refractivity contribution in [3.63, 3.8) is 0 Å². The molecule has 1 saturated carbocycles. The molecule has 2 aliphatic rings. The van der Waals surface area contributed by atoms with Crippen molar-refractivity contribution in [2.45, 2.75) is 58.5 Å². The third kappa shape index (κ3) is 5.08. The summed E-state index contributed by atoms with van der Waals surface area (Å²) in [6, 6.07) is 4.85. The minimum absolute atomic E-state index is 0.0112. The number of amides is 2. The van der Waals surface area contributed by atoms with Gasteiger partial charge in [-0.1, -0.05) is 19.3 Å². The first kappa shape index (κ1) is 24.4. The number of nitrogens with zero attached hydrogens (tertiary/aromatic N) is 2. The fourth-order valence-corrected chi connectivity index (χ4v) is 4.32. The van der Waals surface area contributed by atoms with Crippen LogP contribution in [0.2, 0.25) is 0 Å². The van der Waals surface area contributed by atoms with E-state index in [0.29, 0.717) is 18.2 Å². The molecule has 1 aliphatic carbocycles. The summed E-state index contributed by atoms with van der Waals surface area (Å²) in [6.07, 6.45) is 5.55. The summed E-state index contributed by atoms with van der Waals surface area (Å²) in [5.74, 6) is -4.48. The molecule has 0 bridgehead atoms. The van der Waals surface area contributed by atoms with E-state index < -0.39 is 35.1 Å². The number of ether oxygens (including phenoxy) is 2. The van der Waals surface area contributed by atoms with Gasteiger partial charge < -0.3 is 14.6 Å². The van der Waals surface area contributed by atoms with Crippen molar-refractivity contribution in [1.82, 2.24) is 4.90 Å². The molecule has 9 heteroatoms. The summed E-state index contributed by atoms with van der Waals surface area (Å²) >= 11 is 0. The summed E-state index contributed by atoms with van der Waals surface area (Å²) in [7, 11) is 1.96. The van der Waals surface area contributed by atoms with Crippen molar-refractivity contribution in [3.05, 3.63) is 40.7 Å². The molecule has 0 atom stereocenters. The Morgan fingerprint density at radius 2 is 1.67 bits per heavy atom. The van der Waals surface area contributed by atoms with Gasteiger partial charge in [0.1, 0.15) is 0 Å². The van der Waals surface area contributed by atoms with E-state index in [2.05, 4.69) is 4.90 Å². The Morgan fingerprint density at radius 1 is 1.03 bits per heavy atom. The van der Waals surface area contributed by atoms with E-state index in [1.54, 1.807) is 19.9 Å². The van der Waals surface area contributed by atoms with Crippen molar-refractivity contribution in [2.24, 2.45) is 0 Å². The SMILES string of the molecule is CCOC(=O)C1=C(O)C(=O)N(c2ccc(C(=O)OCC)cc2CN(C)C2CCCCC2)C1=O. The van der Waals surface area contributed by atoms with Gasteiger partial charge in [-0.3, -0.25) is 14.5 Å². The van der Waals surface area contributed by atoms with Crippen molar-refractivity contribution < 1.29 is 33.8 Å². The predicted octanol–water partition coefficient (Wildman–Crippen LogP) is 2.88. The molecule has 0 aromatic heterocycles. The predicted molar refractivity (Wildman–Crippen MR) is 120 cm³/mol. The third-order valence-corrected chi connectivity index (χ3v) is 5.99. The van der Waals surface area contributed by atoms with E-state index >= 15 is 0 Å². The Morgan fingerprint density at radius 3 is 2.30 bits per heavy atom. The Hall–Kier alpha value is -3.20. The second kappa shape index (κ2) is 10.6. The molecule has 0 saturated heterocycles. The molecule has 0 unspecified atom stereocenters. The average Bonchev–Trinajstić information content (AvgIpc) is 3.02. The summed E-state index contributed by atoms with van der Waals surface area (Å²) in [5.41, 5.74) is 0.331. The van der Waals surface area contributed by atoms with Gasteiger partial charge in [0.05, 0.1) is 24.5 Å². The van der Waals surface area contributed by atoms with Gasteiger partial charge in [0.15, 0.2) is 5.57 Å². The van der Waals surface area contributed by atoms with Crippen LogP contribution in [0.1, 0.15) is 61.9 Å². The second-order valence-corrected chi connectivity index (χ2v) is 8.16. The Bertz CT molecular complexity index is 979. The van der Waals surface area contributed by atoms with Gasteiger partial charge in [0.25, 0.3) is 5.91 Å². The van der Waals surface area contributed by atoms with Gasteiger partial charge in [-0.25, -0.2) is 14.5 Å². The minimum Gasteiger partial charge on any atom is -0.502 e. The maximum atomic E-state index is 13.0. The highest BCUT2D eigenvalue weighted by Crippen LogP contribution is 2.32. The van der Waals surface area contributed by atoms with E-state index in [0.717, 1.165) is 30.6 Å². The highest BCUT2D eigenvalue weighted by molar-refractivity contribution is 6.39. The van der Waals surface area contributed by atoms with Gasteiger partial charge in [-0.05, 0) is 57.5 Å². The summed E-state index contributed by atoms with van der Waals surface area (Å²) < 4.78 is 9.92. The summed E-state index contributed by atoms with van der Waals surface area (Å²) in [4.78, 5) is 53.1. The average molecular weight is 459 g/mol. The molecule has 0 spiro atoms. The monoisotopic (exact) mass is 458 g/mol. The van der Waals surface area contributed by atoms with Crippen molar-refractivity contribution in [2.75, 3.05) is 25.2 Å². The largest absolute Gasteiger partial charge is 0.502 e. The van der Waals surface area contributed by atoms with E-state index in [1.165, 1.54) is 18.6 Å². The Kier molecular flexibility index (Phi) is 7.86. The van der Waals surface area contributed by atoms with Crippen molar-refractivity contribution in [1.29, 1.82) is 0 Å². The number of benzene rings is 1. The molecule has 1 aromatic carbocycles. The molecule has 1 N–H and O–H groups in total. The number of aliphatic hydroxyl groups is 1. The fourth-order valence-electron chi connectivity index (χ4n) is 4.32.